The first kappa shape index (κ1) is 13.7. The summed E-state index contributed by atoms with van der Waals surface area (Å²) in [6, 6.07) is 16.8. The standard InChI is InChI=1S/C20H21N/c1-15-8-5-6-11-17(15)18-12-7-13-20(21)19(18)14-16-9-3-2-4-10-16/h2-5,7-10,12-13H,6,11,14,21H2,1H3. The molecule has 2 aromatic rings. The molecule has 3 rings (SSSR count). The Hall–Kier alpha value is -2.28. The number of anilines is 1. The Kier molecular flexibility index (Phi) is 3.92. The molecule has 0 fully saturated rings. The van der Waals surface area contributed by atoms with Gasteiger partial charge >= 0.3 is 0 Å². The van der Waals surface area contributed by atoms with E-state index in [1.165, 1.54) is 27.8 Å². The summed E-state index contributed by atoms with van der Waals surface area (Å²) in [5.41, 5.74) is 13.9. The lowest BCUT2D eigenvalue weighted by atomic mass is 9.87. The minimum absolute atomic E-state index is 0.892. The SMILES string of the molecule is CC1=C(c2cccc(N)c2Cc2ccccc2)CCC=C1. The summed E-state index contributed by atoms with van der Waals surface area (Å²) in [6.45, 7) is 2.19. The number of hydrogen-bond donors (Lipinski definition) is 1. The van der Waals surface area contributed by atoms with Gasteiger partial charge in [-0.25, -0.2) is 0 Å². The summed E-state index contributed by atoms with van der Waals surface area (Å²) in [5.74, 6) is 0. The monoisotopic (exact) mass is 275 g/mol. The van der Waals surface area contributed by atoms with Gasteiger partial charge in [-0.1, -0.05) is 54.6 Å². The van der Waals surface area contributed by atoms with Crippen LogP contribution in [0.3, 0.4) is 0 Å². The summed E-state index contributed by atoms with van der Waals surface area (Å²) in [6.07, 6.45) is 7.60. The molecule has 0 aromatic heterocycles. The molecule has 0 heterocycles. The zero-order valence-electron chi connectivity index (χ0n) is 12.5. The highest BCUT2D eigenvalue weighted by Crippen LogP contribution is 2.33. The van der Waals surface area contributed by atoms with E-state index < -0.39 is 0 Å². The minimum atomic E-state index is 0.892. The molecule has 1 heteroatoms. The highest BCUT2D eigenvalue weighted by molar-refractivity contribution is 5.77. The van der Waals surface area contributed by atoms with Crippen LogP contribution in [0.4, 0.5) is 5.69 Å². The van der Waals surface area contributed by atoms with E-state index in [1.54, 1.807) is 0 Å². The van der Waals surface area contributed by atoms with Crippen LogP contribution in [-0.2, 0) is 6.42 Å². The fraction of sp³-hybridized carbons (Fsp3) is 0.200. The Balaban J connectivity index is 2.06. The maximum atomic E-state index is 6.28. The second-order valence-corrected chi connectivity index (χ2v) is 5.64. The smallest absolute Gasteiger partial charge is 0.0356 e. The zero-order chi connectivity index (χ0) is 14.7. The van der Waals surface area contributed by atoms with Gasteiger partial charge in [-0.3, -0.25) is 0 Å². The van der Waals surface area contributed by atoms with Crippen LogP contribution < -0.4 is 5.73 Å². The largest absolute Gasteiger partial charge is 0.398 e. The van der Waals surface area contributed by atoms with Crippen molar-refractivity contribution in [3.8, 4) is 0 Å². The van der Waals surface area contributed by atoms with E-state index in [4.69, 9.17) is 5.73 Å². The van der Waals surface area contributed by atoms with E-state index in [-0.39, 0.29) is 0 Å². The Morgan fingerprint density at radius 3 is 2.57 bits per heavy atom. The average Bonchev–Trinajstić information content (AvgIpc) is 2.51. The molecule has 0 radical (unpaired) electrons. The van der Waals surface area contributed by atoms with Crippen molar-refractivity contribution in [1.29, 1.82) is 0 Å². The van der Waals surface area contributed by atoms with Gasteiger partial charge < -0.3 is 5.73 Å². The highest BCUT2D eigenvalue weighted by Gasteiger charge is 2.14. The molecule has 0 atom stereocenters. The fourth-order valence-corrected chi connectivity index (χ4v) is 3.02. The van der Waals surface area contributed by atoms with Crippen molar-refractivity contribution in [1.82, 2.24) is 0 Å². The van der Waals surface area contributed by atoms with Crippen LogP contribution in [0.25, 0.3) is 5.57 Å². The van der Waals surface area contributed by atoms with Gasteiger partial charge in [0.15, 0.2) is 0 Å². The van der Waals surface area contributed by atoms with Crippen LogP contribution in [0.15, 0.2) is 66.3 Å². The second kappa shape index (κ2) is 6.01. The van der Waals surface area contributed by atoms with E-state index in [1.807, 2.05) is 6.07 Å². The van der Waals surface area contributed by atoms with Crippen LogP contribution in [0, 0.1) is 0 Å². The van der Waals surface area contributed by atoms with E-state index in [0.717, 1.165) is 24.9 Å². The lowest BCUT2D eigenvalue weighted by molar-refractivity contribution is 1.03. The summed E-state index contributed by atoms with van der Waals surface area (Å²) in [5, 5.41) is 0. The maximum absolute atomic E-state index is 6.28. The number of hydrogen-bond acceptors (Lipinski definition) is 1. The highest BCUT2D eigenvalue weighted by atomic mass is 14.6. The summed E-state index contributed by atoms with van der Waals surface area (Å²) >= 11 is 0. The fourth-order valence-electron chi connectivity index (χ4n) is 3.02. The third-order valence-electron chi connectivity index (χ3n) is 4.17. The van der Waals surface area contributed by atoms with E-state index in [0.29, 0.717) is 0 Å². The number of nitrogen functional groups attached to an aromatic ring is 1. The Morgan fingerprint density at radius 1 is 1.00 bits per heavy atom. The molecule has 2 N–H and O–H groups in total. The summed E-state index contributed by atoms with van der Waals surface area (Å²) in [7, 11) is 0. The second-order valence-electron chi connectivity index (χ2n) is 5.64. The van der Waals surface area contributed by atoms with E-state index in [9.17, 15) is 0 Å². The number of rotatable bonds is 3. The topological polar surface area (TPSA) is 26.0 Å². The van der Waals surface area contributed by atoms with Gasteiger partial charge in [0.05, 0.1) is 0 Å². The molecule has 0 spiro atoms. The normalized spacial score (nSPS) is 14.5. The van der Waals surface area contributed by atoms with Crippen LogP contribution in [0.1, 0.15) is 36.5 Å². The first-order valence-electron chi connectivity index (χ1n) is 7.53. The van der Waals surface area contributed by atoms with Crippen molar-refractivity contribution < 1.29 is 0 Å². The van der Waals surface area contributed by atoms with Crippen molar-refractivity contribution in [3.63, 3.8) is 0 Å². The van der Waals surface area contributed by atoms with Crippen molar-refractivity contribution in [2.45, 2.75) is 26.2 Å². The molecule has 0 amide bonds. The van der Waals surface area contributed by atoms with E-state index in [2.05, 4.69) is 61.5 Å². The van der Waals surface area contributed by atoms with Crippen molar-refractivity contribution >= 4 is 11.3 Å². The predicted octanol–water partition coefficient (Wildman–Crippen LogP) is 4.98. The van der Waals surface area contributed by atoms with Crippen molar-refractivity contribution in [2.75, 3.05) is 5.73 Å². The first-order chi connectivity index (χ1) is 10.3. The molecular formula is C20H21N. The van der Waals surface area contributed by atoms with Crippen molar-refractivity contribution in [3.05, 3.63) is 82.9 Å². The van der Waals surface area contributed by atoms with Crippen molar-refractivity contribution in [2.24, 2.45) is 0 Å². The maximum Gasteiger partial charge on any atom is 0.0356 e. The van der Waals surface area contributed by atoms with Gasteiger partial charge in [0, 0.05) is 12.1 Å². The van der Waals surface area contributed by atoms with Gasteiger partial charge in [-0.15, -0.1) is 0 Å². The van der Waals surface area contributed by atoms with E-state index >= 15 is 0 Å². The molecule has 21 heavy (non-hydrogen) atoms. The predicted molar refractivity (Wildman–Crippen MR) is 91.1 cm³/mol. The lowest BCUT2D eigenvalue weighted by Gasteiger charge is -2.19. The third kappa shape index (κ3) is 2.92. The Morgan fingerprint density at radius 2 is 1.81 bits per heavy atom. The molecule has 0 aliphatic heterocycles. The number of nitrogens with two attached hydrogens (primary N) is 1. The number of allylic oxidation sites excluding steroid dienone is 4. The van der Waals surface area contributed by atoms with Gasteiger partial charge in [0.1, 0.15) is 0 Å². The van der Waals surface area contributed by atoms with Gasteiger partial charge in [-0.05, 0) is 53.7 Å². The molecule has 0 saturated heterocycles. The quantitative estimate of drug-likeness (QED) is 0.785. The minimum Gasteiger partial charge on any atom is -0.398 e. The van der Waals surface area contributed by atoms with Crippen LogP contribution in [-0.4, -0.2) is 0 Å². The Bertz CT molecular complexity index is 693. The molecular weight excluding hydrogens is 254 g/mol. The molecule has 0 bridgehead atoms. The molecule has 1 aliphatic carbocycles. The average molecular weight is 275 g/mol. The van der Waals surface area contributed by atoms with Gasteiger partial charge in [-0.2, -0.15) is 0 Å². The number of benzene rings is 2. The first-order valence-corrected chi connectivity index (χ1v) is 7.53. The third-order valence-corrected chi connectivity index (χ3v) is 4.17. The zero-order valence-corrected chi connectivity index (χ0v) is 12.5. The molecule has 0 unspecified atom stereocenters. The van der Waals surface area contributed by atoms with Crippen LogP contribution >= 0.6 is 0 Å². The van der Waals surface area contributed by atoms with Gasteiger partial charge in [0.25, 0.3) is 0 Å². The van der Waals surface area contributed by atoms with Crippen LogP contribution in [0.2, 0.25) is 0 Å². The molecule has 2 aromatic carbocycles. The molecule has 0 saturated carbocycles. The molecule has 1 aliphatic rings. The lowest BCUT2D eigenvalue weighted by Crippen LogP contribution is -2.03. The molecule has 106 valence electrons. The van der Waals surface area contributed by atoms with Gasteiger partial charge in [0.2, 0.25) is 0 Å². The summed E-state index contributed by atoms with van der Waals surface area (Å²) < 4.78 is 0. The van der Waals surface area contributed by atoms with Crippen LogP contribution in [0.5, 0.6) is 0 Å². The Labute approximate surface area is 126 Å². The summed E-state index contributed by atoms with van der Waals surface area (Å²) in [4.78, 5) is 0. The molecule has 1 nitrogen and oxygen atoms in total.